The number of rotatable bonds is 5. The molecular formula is C14H20ClFN2O. The van der Waals surface area contributed by atoms with Crippen molar-refractivity contribution in [2.75, 3.05) is 26.2 Å². The summed E-state index contributed by atoms with van der Waals surface area (Å²) in [5, 5.41) is 3.47. The molecule has 1 aromatic carbocycles. The Morgan fingerprint density at radius 1 is 1.53 bits per heavy atom. The van der Waals surface area contributed by atoms with Crippen LogP contribution in [0.2, 0.25) is 5.02 Å². The van der Waals surface area contributed by atoms with Gasteiger partial charge in [-0.05, 0) is 25.5 Å². The Hall–Kier alpha value is -0.680. The third kappa shape index (κ3) is 3.66. The van der Waals surface area contributed by atoms with Crippen molar-refractivity contribution in [3.8, 4) is 0 Å². The molecule has 0 amide bonds. The summed E-state index contributed by atoms with van der Waals surface area (Å²) in [6, 6.07) is 5.06. The molecule has 1 aliphatic heterocycles. The highest BCUT2D eigenvalue weighted by molar-refractivity contribution is 6.30. The molecular weight excluding hydrogens is 267 g/mol. The van der Waals surface area contributed by atoms with Crippen molar-refractivity contribution in [3.05, 3.63) is 34.6 Å². The minimum Gasteiger partial charge on any atom is -0.372 e. The second kappa shape index (κ2) is 7.20. The number of hydrogen-bond donors (Lipinski definition) is 2. The third-order valence-electron chi connectivity index (χ3n) is 3.47. The van der Waals surface area contributed by atoms with E-state index in [4.69, 9.17) is 22.1 Å². The lowest BCUT2D eigenvalue weighted by molar-refractivity contribution is 0.00502. The first-order chi connectivity index (χ1) is 9.24. The number of piperidine rings is 1. The van der Waals surface area contributed by atoms with Crippen LogP contribution < -0.4 is 11.1 Å². The zero-order valence-electron chi connectivity index (χ0n) is 10.9. The predicted molar refractivity (Wildman–Crippen MR) is 74.8 cm³/mol. The molecule has 1 unspecified atom stereocenters. The van der Waals surface area contributed by atoms with Crippen molar-refractivity contribution in [1.82, 2.24) is 5.32 Å². The maximum Gasteiger partial charge on any atom is 0.147 e. The fourth-order valence-electron chi connectivity index (χ4n) is 2.55. The van der Waals surface area contributed by atoms with Crippen LogP contribution in [0.4, 0.5) is 4.39 Å². The van der Waals surface area contributed by atoms with E-state index in [0.29, 0.717) is 18.7 Å². The van der Waals surface area contributed by atoms with Gasteiger partial charge in [-0.1, -0.05) is 23.7 Å². The SMILES string of the molecule is NCCO[C@@H](c1cccc(Cl)c1F)C1CCCNC1. The Morgan fingerprint density at radius 2 is 2.37 bits per heavy atom. The Bertz CT molecular complexity index is 410. The minimum absolute atomic E-state index is 0.141. The Balaban J connectivity index is 2.22. The minimum atomic E-state index is -0.378. The van der Waals surface area contributed by atoms with E-state index in [9.17, 15) is 4.39 Å². The first kappa shape index (κ1) is 14.7. The van der Waals surface area contributed by atoms with Crippen LogP contribution in [0, 0.1) is 11.7 Å². The van der Waals surface area contributed by atoms with Crippen molar-refractivity contribution >= 4 is 11.6 Å². The zero-order chi connectivity index (χ0) is 13.7. The molecule has 5 heteroatoms. The summed E-state index contributed by atoms with van der Waals surface area (Å²) in [6.45, 7) is 2.70. The third-order valence-corrected chi connectivity index (χ3v) is 3.76. The molecule has 0 saturated carbocycles. The van der Waals surface area contributed by atoms with Gasteiger partial charge in [0.2, 0.25) is 0 Å². The Morgan fingerprint density at radius 3 is 3.05 bits per heavy atom. The van der Waals surface area contributed by atoms with Gasteiger partial charge in [-0.2, -0.15) is 0 Å². The van der Waals surface area contributed by atoms with Gasteiger partial charge in [0, 0.05) is 24.6 Å². The van der Waals surface area contributed by atoms with E-state index in [0.717, 1.165) is 25.9 Å². The van der Waals surface area contributed by atoms with Crippen LogP contribution in [-0.4, -0.2) is 26.2 Å². The zero-order valence-corrected chi connectivity index (χ0v) is 11.6. The molecule has 0 aliphatic carbocycles. The molecule has 1 fully saturated rings. The van der Waals surface area contributed by atoms with Crippen molar-refractivity contribution < 1.29 is 9.13 Å². The molecule has 3 nitrogen and oxygen atoms in total. The molecule has 0 spiro atoms. The van der Waals surface area contributed by atoms with Crippen molar-refractivity contribution in [1.29, 1.82) is 0 Å². The number of nitrogens with two attached hydrogens (primary N) is 1. The number of benzene rings is 1. The number of hydrogen-bond acceptors (Lipinski definition) is 3. The number of nitrogens with one attached hydrogen (secondary N) is 1. The standard InChI is InChI=1S/C14H20ClFN2O/c15-12-5-1-4-11(13(12)16)14(19-8-6-17)10-3-2-7-18-9-10/h1,4-5,10,14,18H,2-3,6-9,17H2/t10?,14-/m1/s1. The predicted octanol–water partition coefficient (Wildman–Crippen LogP) is 2.50. The van der Waals surface area contributed by atoms with Gasteiger partial charge in [-0.25, -0.2) is 4.39 Å². The van der Waals surface area contributed by atoms with Gasteiger partial charge in [0.15, 0.2) is 0 Å². The van der Waals surface area contributed by atoms with Crippen molar-refractivity contribution in [2.24, 2.45) is 11.7 Å². The fraction of sp³-hybridized carbons (Fsp3) is 0.571. The second-order valence-electron chi connectivity index (χ2n) is 4.83. The second-order valence-corrected chi connectivity index (χ2v) is 5.24. The van der Waals surface area contributed by atoms with Crippen LogP contribution >= 0.6 is 11.6 Å². The van der Waals surface area contributed by atoms with E-state index >= 15 is 0 Å². The normalized spacial score (nSPS) is 21.3. The van der Waals surface area contributed by atoms with Gasteiger partial charge >= 0.3 is 0 Å². The molecule has 19 heavy (non-hydrogen) atoms. The topological polar surface area (TPSA) is 47.3 Å². The molecule has 0 radical (unpaired) electrons. The van der Waals surface area contributed by atoms with Crippen LogP contribution in [0.1, 0.15) is 24.5 Å². The van der Waals surface area contributed by atoms with Crippen LogP contribution in [0.5, 0.6) is 0 Å². The molecule has 3 N–H and O–H groups in total. The summed E-state index contributed by atoms with van der Waals surface area (Å²) < 4.78 is 20.0. The van der Waals surface area contributed by atoms with Crippen LogP contribution in [0.25, 0.3) is 0 Å². The largest absolute Gasteiger partial charge is 0.372 e. The molecule has 1 saturated heterocycles. The molecule has 1 aliphatic rings. The lowest BCUT2D eigenvalue weighted by Gasteiger charge is -2.31. The maximum atomic E-state index is 14.2. The lowest BCUT2D eigenvalue weighted by Crippen LogP contribution is -2.35. The summed E-state index contributed by atoms with van der Waals surface area (Å²) in [7, 11) is 0. The number of halogens is 2. The first-order valence-electron chi connectivity index (χ1n) is 6.70. The molecule has 2 atom stereocenters. The smallest absolute Gasteiger partial charge is 0.147 e. The average Bonchev–Trinajstić information content (AvgIpc) is 2.45. The molecule has 106 valence electrons. The average molecular weight is 287 g/mol. The van der Waals surface area contributed by atoms with E-state index in [2.05, 4.69) is 5.32 Å². The summed E-state index contributed by atoms with van der Waals surface area (Å²) in [5.41, 5.74) is 6.03. The summed E-state index contributed by atoms with van der Waals surface area (Å²) in [5.74, 6) is -0.120. The molecule has 2 rings (SSSR count). The summed E-state index contributed by atoms with van der Waals surface area (Å²) in [6.07, 6.45) is 1.82. The summed E-state index contributed by atoms with van der Waals surface area (Å²) in [4.78, 5) is 0. The van der Waals surface area contributed by atoms with E-state index in [-0.39, 0.29) is 22.9 Å². The maximum absolute atomic E-state index is 14.2. The van der Waals surface area contributed by atoms with Crippen molar-refractivity contribution in [2.45, 2.75) is 18.9 Å². The Kier molecular flexibility index (Phi) is 5.58. The van der Waals surface area contributed by atoms with Gasteiger partial charge in [0.25, 0.3) is 0 Å². The van der Waals surface area contributed by atoms with Gasteiger partial charge in [-0.3, -0.25) is 0 Å². The van der Waals surface area contributed by atoms with Crippen LogP contribution in [-0.2, 0) is 4.74 Å². The van der Waals surface area contributed by atoms with Crippen LogP contribution in [0.15, 0.2) is 18.2 Å². The van der Waals surface area contributed by atoms with E-state index < -0.39 is 0 Å². The highest BCUT2D eigenvalue weighted by atomic mass is 35.5. The van der Waals surface area contributed by atoms with E-state index in [1.807, 2.05) is 0 Å². The number of ether oxygens (including phenoxy) is 1. The quantitative estimate of drug-likeness (QED) is 0.874. The van der Waals surface area contributed by atoms with Crippen molar-refractivity contribution in [3.63, 3.8) is 0 Å². The van der Waals surface area contributed by atoms with Gasteiger partial charge < -0.3 is 15.8 Å². The van der Waals surface area contributed by atoms with Gasteiger partial charge in [0.05, 0.1) is 17.7 Å². The highest BCUT2D eigenvalue weighted by Gasteiger charge is 2.28. The lowest BCUT2D eigenvalue weighted by atomic mass is 9.89. The van der Waals surface area contributed by atoms with E-state index in [1.165, 1.54) is 0 Å². The molecule has 1 aromatic rings. The first-order valence-corrected chi connectivity index (χ1v) is 7.08. The highest BCUT2D eigenvalue weighted by Crippen LogP contribution is 2.34. The molecule has 0 bridgehead atoms. The molecule has 1 heterocycles. The van der Waals surface area contributed by atoms with Gasteiger partial charge in [-0.15, -0.1) is 0 Å². The van der Waals surface area contributed by atoms with E-state index in [1.54, 1.807) is 18.2 Å². The Labute approximate surface area is 118 Å². The fourth-order valence-corrected chi connectivity index (χ4v) is 2.73. The monoisotopic (exact) mass is 286 g/mol. The molecule has 0 aromatic heterocycles. The van der Waals surface area contributed by atoms with Crippen LogP contribution in [0.3, 0.4) is 0 Å². The summed E-state index contributed by atoms with van der Waals surface area (Å²) >= 11 is 5.86. The van der Waals surface area contributed by atoms with Gasteiger partial charge in [0.1, 0.15) is 5.82 Å².